The van der Waals surface area contributed by atoms with Crippen LogP contribution in [-0.2, 0) is 13.6 Å². The molecule has 1 heterocycles. The molecule has 2 rings (SSSR count). The van der Waals surface area contributed by atoms with Crippen LogP contribution in [0.5, 0.6) is 0 Å². The third kappa shape index (κ3) is 3.62. The van der Waals surface area contributed by atoms with E-state index in [0.29, 0.717) is 5.92 Å². The Hall–Kier alpha value is -1.32. The summed E-state index contributed by atoms with van der Waals surface area (Å²) in [5.41, 5.74) is 3.49. The SMILES string of the molecule is Cc1nn(C)c(Cl)c1CNCCC(C)c1ccccc1. The molecule has 0 radical (unpaired) electrons. The summed E-state index contributed by atoms with van der Waals surface area (Å²) < 4.78 is 1.72. The van der Waals surface area contributed by atoms with Crippen LogP contribution < -0.4 is 5.32 Å². The fourth-order valence-electron chi connectivity index (χ4n) is 2.35. The molecule has 108 valence electrons. The lowest BCUT2D eigenvalue weighted by molar-refractivity contribution is 0.593. The number of hydrogen-bond donors (Lipinski definition) is 1. The highest BCUT2D eigenvalue weighted by Gasteiger charge is 2.10. The lowest BCUT2D eigenvalue weighted by atomic mass is 9.98. The highest BCUT2D eigenvalue weighted by Crippen LogP contribution is 2.19. The van der Waals surface area contributed by atoms with Crippen molar-refractivity contribution in [1.82, 2.24) is 15.1 Å². The molecule has 0 fully saturated rings. The van der Waals surface area contributed by atoms with Gasteiger partial charge in [0.2, 0.25) is 0 Å². The molecule has 0 saturated carbocycles. The van der Waals surface area contributed by atoms with Gasteiger partial charge >= 0.3 is 0 Å². The van der Waals surface area contributed by atoms with Gasteiger partial charge in [0.05, 0.1) is 5.69 Å². The highest BCUT2D eigenvalue weighted by molar-refractivity contribution is 6.30. The Morgan fingerprint density at radius 3 is 2.60 bits per heavy atom. The molecule has 0 aliphatic carbocycles. The molecular weight excluding hydrogens is 270 g/mol. The summed E-state index contributed by atoms with van der Waals surface area (Å²) in [5.74, 6) is 0.564. The minimum Gasteiger partial charge on any atom is -0.312 e. The molecular formula is C16H22ClN3. The number of aromatic nitrogens is 2. The minimum atomic E-state index is 0.564. The van der Waals surface area contributed by atoms with Crippen molar-refractivity contribution in [1.29, 1.82) is 0 Å². The molecule has 1 unspecified atom stereocenters. The number of hydrogen-bond acceptors (Lipinski definition) is 2. The molecule has 0 amide bonds. The highest BCUT2D eigenvalue weighted by atomic mass is 35.5. The van der Waals surface area contributed by atoms with Crippen molar-refractivity contribution in [3.63, 3.8) is 0 Å². The largest absolute Gasteiger partial charge is 0.312 e. The summed E-state index contributed by atoms with van der Waals surface area (Å²) in [4.78, 5) is 0. The molecule has 1 N–H and O–H groups in total. The molecule has 0 saturated heterocycles. The summed E-state index contributed by atoms with van der Waals surface area (Å²) in [6, 6.07) is 10.6. The number of aryl methyl sites for hydroxylation is 2. The van der Waals surface area contributed by atoms with Crippen LogP contribution in [0.3, 0.4) is 0 Å². The second-order valence-corrected chi connectivity index (χ2v) is 5.61. The van der Waals surface area contributed by atoms with E-state index < -0.39 is 0 Å². The third-order valence-electron chi connectivity index (χ3n) is 3.69. The Bertz CT molecular complexity index is 548. The molecule has 20 heavy (non-hydrogen) atoms. The van der Waals surface area contributed by atoms with Crippen LogP contribution in [-0.4, -0.2) is 16.3 Å². The predicted molar refractivity (Wildman–Crippen MR) is 84.1 cm³/mol. The Labute approximate surface area is 126 Å². The molecule has 2 aromatic rings. The van der Waals surface area contributed by atoms with Gasteiger partial charge in [0, 0.05) is 19.2 Å². The van der Waals surface area contributed by atoms with Crippen LogP contribution in [0.4, 0.5) is 0 Å². The first-order valence-electron chi connectivity index (χ1n) is 7.03. The number of benzene rings is 1. The Morgan fingerprint density at radius 1 is 1.30 bits per heavy atom. The van der Waals surface area contributed by atoms with E-state index in [4.69, 9.17) is 11.6 Å². The van der Waals surface area contributed by atoms with E-state index in [0.717, 1.165) is 35.9 Å². The molecule has 4 heteroatoms. The van der Waals surface area contributed by atoms with E-state index in [-0.39, 0.29) is 0 Å². The number of rotatable bonds is 6. The van der Waals surface area contributed by atoms with E-state index in [9.17, 15) is 0 Å². The van der Waals surface area contributed by atoms with E-state index in [2.05, 4.69) is 47.7 Å². The number of nitrogens with zero attached hydrogens (tertiary/aromatic N) is 2. The van der Waals surface area contributed by atoms with Crippen molar-refractivity contribution in [2.75, 3.05) is 6.54 Å². The first-order valence-corrected chi connectivity index (χ1v) is 7.41. The van der Waals surface area contributed by atoms with Crippen molar-refractivity contribution in [2.45, 2.75) is 32.7 Å². The van der Waals surface area contributed by atoms with Crippen LogP contribution in [0.1, 0.15) is 36.1 Å². The molecule has 1 aromatic carbocycles. The van der Waals surface area contributed by atoms with Gasteiger partial charge in [0.15, 0.2) is 0 Å². The van der Waals surface area contributed by atoms with Gasteiger partial charge in [-0.15, -0.1) is 0 Å². The zero-order valence-corrected chi connectivity index (χ0v) is 13.1. The van der Waals surface area contributed by atoms with Crippen molar-refractivity contribution < 1.29 is 0 Å². The van der Waals surface area contributed by atoms with Gasteiger partial charge < -0.3 is 5.32 Å². The lowest BCUT2D eigenvalue weighted by Gasteiger charge is -2.12. The van der Waals surface area contributed by atoms with E-state index in [1.807, 2.05) is 14.0 Å². The molecule has 1 atom stereocenters. The van der Waals surface area contributed by atoms with Crippen molar-refractivity contribution in [3.05, 3.63) is 52.3 Å². The molecule has 0 spiro atoms. The Kier molecular flexibility index (Phi) is 5.21. The molecule has 0 aliphatic rings. The van der Waals surface area contributed by atoms with Crippen LogP contribution in [0.2, 0.25) is 5.15 Å². The lowest BCUT2D eigenvalue weighted by Crippen LogP contribution is -2.17. The Morgan fingerprint density at radius 2 is 2.00 bits per heavy atom. The number of nitrogens with one attached hydrogen (secondary N) is 1. The van der Waals surface area contributed by atoms with Crippen LogP contribution in [0, 0.1) is 6.92 Å². The Balaban J connectivity index is 1.79. The van der Waals surface area contributed by atoms with E-state index in [1.165, 1.54) is 5.56 Å². The molecule has 0 aliphatic heterocycles. The van der Waals surface area contributed by atoms with Crippen LogP contribution >= 0.6 is 11.6 Å². The van der Waals surface area contributed by atoms with Gasteiger partial charge in [0.25, 0.3) is 0 Å². The van der Waals surface area contributed by atoms with Crippen LogP contribution in [0.25, 0.3) is 0 Å². The summed E-state index contributed by atoms with van der Waals surface area (Å²) in [6.07, 6.45) is 1.11. The summed E-state index contributed by atoms with van der Waals surface area (Å²) in [6.45, 7) is 6.01. The normalized spacial score (nSPS) is 12.6. The van der Waals surface area contributed by atoms with Crippen molar-refractivity contribution >= 4 is 11.6 Å². The monoisotopic (exact) mass is 291 g/mol. The van der Waals surface area contributed by atoms with E-state index >= 15 is 0 Å². The maximum atomic E-state index is 6.21. The van der Waals surface area contributed by atoms with Crippen molar-refractivity contribution in [2.24, 2.45) is 7.05 Å². The van der Waals surface area contributed by atoms with Gasteiger partial charge in [-0.1, -0.05) is 48.9 Å². The average Bonchev–Trinajstić information content (AvgIpc) is 2.70. The quantitative estimate of drug-likeness (QED) is 0.823. The zero-order valence-electron chi connectivity index (χ0n) is 12.4. The standard InChI is InChI=1S/C16H22ClN3/c1-12(14-7-5-4-6-8-14)9-10-18-11-15-13(2)19-20(3)16(15)17/h4-8,12,18H,9-11H2,1-3H3. The maximum Gasteiger partial charge on any atom is 0.131 e. The molecule has 1 aromatic heterocycles. The summed E-state index contributed by atoms with van der Waals surface area (Å²) >= 11 is 6.21. The summed E-state index contributed by atoms with van der Waals surface area (Å²) in [7, 11) is 1.87. The second kappa shape index (κ2) is 6.91. The van der Waals surface area contributed by atoms with E-state index in [1.54, 1.807) is 4.68 Å². The fraction of sp³-hybridized carbons (Fsp3) is 0.438. The maximum absolute atomic E-state index is 6.21. The topological polar surface area (TPSA) is 29.9 Å². The van der Waals surface area contributed by atoms with Crippen LogP contribution in [0.15, 0.2) is 30.3 Å². The van der Waals surface area contributed by atoms with Gasteiger partial charge in [0.1, 0.15) is 5.15 Å². The molecule has 0 bridgehead atoms. The van der Waals surface area contributed by atoms with Gasteiger partial charge in [-0.2, -0.15) is 5.10 Å². The number of halogens is 1. The first kappa shape index (κ1) is 15.1. The van der Waals surface area contributed by atoms with Gasteiger partial charge in [-0.05, 0) is 31.4 Å². The molecule has 3 nitrogen and oxygen atoms in total. The average molecular weight is 292 g/mol. The summed E-state index contributed by atoms with van der Waals surface area (Å²) in [5, 5.41) is 8.50. The van der Waals surface area contributed by atoms with Gasteiger partial charge in [-0.25, -0.2) is 0 Å². The van der Waals surface area contributed by atoms with Gasteiger partial charge in [-0.3, -0.25) is 4.68 Å². The van der Waals surface area contributed by atoms with Crippen molar-refractivity contribution in [3.8, 4) is 0 Å². The minimum absolute atomic E-state index is 0.564. The first-order chi connectivity index (χ1) is 9.59. The third-order valence-corrected chi connectivity index (χ3v) is 4.17. The zero-order chi connectivity index (χ0) is 14.5. The smallest absolute Gasteiger partial charge is 0.131 e. The second-order valence-electron chi connectivity index (χ2n) is 5.26. The predicted octanol–water partition coefficient (Wildman–Crippen LogP) is 3.67. The fourth-order valence-corrected chi connectivity index (χ4v) is 2.60.